The molecule has 3 aliphatic heterocycles. The van der Waals surface area contributed by atoms with E-state index < -0.39 is 29.1 Å². The van der Waals surface area contributed by atoms with Crippen LogP contribution in [0.4, 0.5) is 9.18 Å². The summed E-state index contributed by atoms with van der Waals surface area (Å²) in [6.45, 7) is 13.0. The second kappa shape index (κ2) is 14.4. The maximum Gasteiger partial charge on any atom is 0.410 e. The molecule has 266 valence electrons. The van der Waals surface area contributed by atoms with Crippen LogP contribution in [0.5, 0.6) is 0 Å². The molecule has 48 heavy (non-hydrogen) atoms. The van der Waals surface area contributed by atoms with Gasteiger partial charge in [0.1, 0.15) is 17.5 Å². The van der Waals surface area contributed by atoms with Crippen molar-refractivity contribution in [3.63, 3.8) is 0 Å². The maximum atomic E-state index is 14.3. The molecule has 1 aromatic rings. The van der Waals surface area contributed by atoms with E-state index in [4.69, 9.17) is 4.74 Å². The topological polar surface area (TPSA) is 108 Å². The number of carbonyl (C=O) groups is 4. The zero-order valence-corrected chi connectivity index (χ0v) is 29.9. The van der Waals surface area contributed by atoms with Gasteiger partial charge in [-0.1, -0.05) is 31.4 Å². The Hall–Kier alpha value is -3.17. The van der Waals surface area contributed by atoms with E-state index in [-0.39, 0.29) is 53.4 Å². The van der Waals surface area contributed by atoms with Crippen molar-refractivity contribution < 1.29 is 28.3 Å². The van der Waals surface area contributed by atoms with Gasteiger partial charge in [0.15, 0.2) is 0 Å². The molecule has 2 aliphatic carbocycles. The smallest absolute Gasteiger partial charge is 0.410 e. The van der Waals surface area contributed by atoms with Gasteiger partial charge in [0.25, 0.3) is 0 Å². The number of piperidine rings is 3. The van der Waals surface area contributed by atoms with E-state index in [0.717, 1.165) is 37.7 Å². The quantitative estimate of drug-likeness (QED) is 0.371. The number of amides is 4. The monoisotopic (exact) mass is 668 g/mol. The zero-order chi connectivity index (χ0) is 34.9. The van der Waals surface area contributed by atoms with Crippen molar-refractivity contribution in [2.45, 2.75) is 135 Å². The minimum Gasteiger partial charge on any atom is -0.444 e. The van der Waals surface area contributed by atoms with Crippen LogP contribution in [0.1, 0.15) is 111 Å². The number of carbonyl (C=O) groups excluding carboxylic acids is 4. The normalized spacial score (nSPS) is 25.3. The highest BCUT2D eigenvalue weighted by Crippen LogP contribution is 2.47. The first-order valence-corrected chi connectivity index (χ1v) is 18.2. The largest absolute Gasteiger partial charge is 0.444 e. The Balaban J connectivity index is 1.33. The SMILES string of the molecule is CC(C)(C)NC(=O)C1(C2CCCCC2)CCN(C(=O)[C@@H](Cc2ccc(F)cc2)NC(=O)[C@@H]2C[C@@H]3CC[C@H]2N(C(=O)OC(C)(C)C)C3)CC1. The van der Waals surface area contributed by atoms with Crippen LogP contribution >= 0.6 is 0 Å². The van der Waals surface area contributed by atoms with Crippen LogP contribution in [-0.4, -0.2) is 76.5 Å². The van der Waals surface area contributed by atoms with E-state index >= 15 is 0 Å². The molecule has 1 aromatic carbocycles. The van der Waals surface area contributed by atoms with Crippen LogP contribution in [0.2, 0.25) is 0 Å². The van der Waals surface area contributed by atoms with Crippen LogP contribution in [0, 0.1) is 29.0 Å². The van der Waals surface area contributed by atoms with E-state index in [2.05, 4.69) is 10.6 Å². The number of hydrogen-bond acceptors (Lipinski definition) is 5. The number of likely N-dealkylation sites (tertiary alicyclic amines) is 1. The Morgan fingerprint density at radius 1 is 0.938 bits per heavy atom. The first-order valence-electron chi connectivity index (χ1n) is 18.2. The lowest BCUT2D eigenvalue weighted by Crippen LogP contribution is -2.62. The highest BCUT2D eigenvalue weighted by atomic mass is 19.1. The van der Waals surface area contributed by atoms with E-state index in [1.165, 1.54) is 18.6 Å². The van der Waals surface area contributed by atoms with E-state index in [0.29, 0.717) is 45.3 Å². The molecular weight excluding hydrogens is 611 g/mol. The van der Waals surface area contributed by atoms with Crippen LogP contribution in [0.25, 0.3) is 0 Å². The molecule has 0 radical (unpaired) electrons. The summed E-state index contributed by atoms with van der Waals surface area (Å²) in [7, 11) is 0. The summed E-state index contributed by atoms with van der Waals surface area (Å²) < 4.78 is 19.5. The summed E-state index contributed by atoms with van der Waals surface area (Å²) >= 11 is 0. The molecule has 9 nitrogen and oxygen atoms in total. The zero-order valence-electron chi connectivity index (χ0n) is 29.9. The van der Waals surface area contributed by atoms with Crippen LogP contribution in [0.3, 0.4) is 0 Å². The van der Waals surface area contributed by atoms with E-state index in [9.17, 15) is 23.6 Å². The highest BCUT2D eigenvalue weighted by Gasteiger charge is 2.50. The molecule has 3 saturated heterocycles. The lowest BCUT2D eigenvalue weighted by atomic mass is 9.63. The van der Waals surface area contributed by atoms with Crippen molar-refractivity contribution in [3.8, 4) is 0 Å². The summed E-state index contributed by atoms with van der Waals surface area (Å²) in [6, 6.07) is 4.88. The summed E-state index contributed by atoms with van der Waals surface area (Å²) in [6.07, 6.45) is 8.79. The molecule has 0 aromatic heterocycles. The molecule has 4 amide bonds. The molecular formula is C38H57FN4O5. The average molecular weight is 669 g/mol. The Labute approximate surface area is 286 Å². The number of rotatable bonds is 7. The minimum atomic E-state index is -0.857. The second-order valence-electron chi connectivity index (χ2n) is 16.9. The fraction of sp³-hybridized carbons (Fsp3) is 0.737. The number of halogens is 1. The van der Waals surface area contributed by atoms with E-state index in [1.54, 1.807) is 21.9 Å². The Kier molecular flexibility index (Phi) is 10.8. The van der Waals surface area contributed by atoms with E-state index in [1.807, 2.05) is 41.5 Å². The van der Waals surface area contributed by atoms with Crippen molar-refractivity contribution in [3.05, 3.63) is 35.6 Å². The second-order valence-corrected chi connectivity index (χ2v) is 16.9. The molecule has 2 bridgehead atoms. The van der Waals surface area contributed by atoms with Gasteiger partial charge in [-0.05, 0) is 116 Å². The van der Waals surface area contributed by atoms with Gasteiger partial charge in [-0.25, -0.2) is 9.18 Å². The molecule has 2 N–H and O–H groups in total. The summed E-state index contributed by atoms with van der Waals surface area (Å²) in [4.78, 5) is 58.9. The molecule has 2 saturated carbocycles. The molecule has 5 fully saturated rings. The fourth-order valence-electron chi connectivity index (χ4n) is 8.63. The lowest BCUT2D eigenvalue weighted by molar-refractivity contribution is -0.148. The lowest BCUT2D eigenvalue weighted by Gasteiger charge is -2.49. The first kappa shape index (κ1) is 36.1. The van der Waals surface area contributed by atoms with Gasteiger partial charge < -0.3 is 25.2 Å². The van der Waals surface area contributed by atoms with Crippen LogP contribution in [-0.2, 0) is 25.5 Å². The van der Waals surface area contributed by atoms with Gasteiger partial charge in [0, 0.05) is 37.6 Å². The molecule has 6 rings (SSSR count). The third-order valence-corrected chi connectivity index (χ3v) is 11.0. The van der Waals surface area contributed by atoms with Crippen LogP contribution < -0.4 is 10.6 Å². The number of benzene rings is 1. The summed E-state index contributed by atoms with van der Waals surface area (Å²) in [5.74, 6) is -0.673. The maximum absolute atomic E-state index is 14.3. The molecule has 5 aliphatic rings. The van der Waals surface area contributed by atoms with Gasteiger partial charge in [0.05, 0.1) is 11.3 Å². The van der Waals surface area contributed by atoms with Gasteiger partial charge in [-0.15, -0.1) is 0 Å². The predicted octanol–water partition coefficient (Wildman–Crippen LogP) is 5.99. The van der Waals surface area contributed by atoms with Gasteiger partial charge in [0.2, 0.25) is 17.7 Å². The number of nitrogens with zero attached hydrogens (tertiary/aromatic N) is 2. The Morgan fingerprint density at radius 3 is 2.17 bits per heavy atom. The molecule has 0 unspecified atom stereocenters. The third kappa shape index (κ3) is 8.51. The highest BCUT2D eigenvalue weighted by molar-refractivity contribution is 5.90. The van der Waals surface area contributed by atoms with Crippen molar-refractivity contribution in [1.29, 1.82) is 0 Å². The third-order valence-electron chi connectivity index (χ3n) is 11.0. The summed E-state index contributed by atoms with van der Waals surface area (Å²) in [5.41, 5.74) is -0.775. The van der Waals surface area contributed by atoms with Crippen molar-refractivity contribution in [2.24, 2.45) is 23.2 Å². The summed E-state index contributed by atoms with van der Waals surface area (Å²) in [5, 5.41) is 6.36. The standard InChI is InChI=1S/C38H57FN4O5/c1-36(2,3)41-34(46)38(27-10-8-7-9-11-27)18-20-42(21-19-38)33(45)30(23-25-12-15-28(39)16-13-25)40-32(44)29-22-26-14-17-31(29)43(24-26)35(47)48-37(4,5)6/h12-13,15-16,26-27,29-31H,7-11,14,17-24H2,1-6H3,(H,40,44)(H,41,46)/t26-,29+,30+,31+/m0/s1. The number of hydrogen-bond donors (Lipinski definition) is 2. The Bertz CT molecular complexity index is 1320. The van der Waals surface area contributed by atoms with Gasteiger partial charge >= 0.3 is 6.09 Å². The number of ether oxygens (including phenoxy) is 1. The van der Waals surface area contributed by atoms with Gasteiger partial charge in [-0.2, -0.15) is 0 Å². The van der Waals surface area contributed by atoms with Crippen LogP contribution in [0.15, 0.2) is 24.3 Å². The average Bonchev–Trinajstić information content (AvgIpc) is 3.04. The first-order chi connectivity index (χ1) is 22.5. The predicted molar refractivity (Wildman–Crippen MR) is 182 cm³/mol. The number of nitrogens with one attached hydrogen (secondary N) is 2. The molecule has 0 spiro atoms. The van der Waals surface area contributed by atoms with Crippen molar-refractivity contribution in [2.75, 3.05) is 19.6 Å². The van der Waals surface area contributed by atoms with Gasteiger partial charge in [-0.3, -0.25) is 14.4 Å². The van der Waals surface area contributed by atoms with Crippen molar-refractivity contribution in [1.82, 2.24) is 20.4 Å². The number of fused-ring (bicyclic) bond motifs is 3. The molecule has 3 heterocycles. The molecule has 4 atom stereocenters. The molecule has 10 heteroatoms. The van der Waals surface area contributed by atoms with Crippen molar-refractivity contribution >= 4 is 23.8 Å². The fourth-order valence-corrected chi connectivity index (χ4v) is 8.63. The minimum absolute atomic E-state index is 0.0899. The Morgan fingerprint density at radius 2 is 1.58 bits per heavy atom.